The number of hydrogen-bond acceptors (Lipinski definition) is 3. The molecule has 0 fully saturated rings. The fraction of sp³-hybridized carbons (Fsp3) is 0.900. The average molecular weight is 188 g/mol. The maximum atomic E-state index is 11.0. The molecule has 0 radical (unpaired) electrons. The first-order valence-corrected chi connectivity index (χ1v) is 4.73. The summed E-state index contributed by atoms with van der Waals surface area (Å²) >= 11 is 0. The Morgan fingerprint density at radius 2 is 1.85 bits per heavy atom. The predicted octanol–water partition coefficient (Wildman–Crippen LogP) is 1.59. The maximum absolute atomic E-state index is 11.0. The number of carbonyl (C=O) groups is 1. The first-order chi connectivity index (χ1) is 5.97. The third-order valence-electron chi connectivity index (χ3n) is 1.97. The molecule has 0 rings (SSSR count). The normalized spacial score (nSPS) is 15.5. The Bertz CT molecular complexity index is 154. The van der Waals surface area contributed by atoms with Gasteiger partial charge in [-0.05, 0) is 18.8 Å². The zero-order valence-electron chi connectivity index (χ0n) is 8.91. The molecule has 3 heteroatoms. The summed E-state index contributed by atoms with van der Waals surface area (Å²) in [6.45, 7) is 5.87. The van der Waals surface area contributed by atoms with Gasteiger partial charge in [0.05, 0.1) is 19.1 Å². The van der Waals surface area contributed by atoms with Gasteiger partial charge in [0.1, 0.15) is 0 Å². The van der Waals surface area contributed by atoms with Crippen molar-refractivity contribution in [2.24, 2.45) is 11.8 Å². The Balaban J connectivity index is 3.77. The zero-order chi connectivity index (χ0) is 10.4. The van der Waals surface area contributed by atoms with Crippen molar-refractivity contribution in [3.8, 4) is 0 Å². The van der Waals surface area contributed by atoms with Gasteiger partial charge in [0.15, 0.2) is 0 Å². The molecule has 0 aliphatic carbocycles. The van der Waals surface area contributed by atoms with Gasteiger partial charge >= 0.3 is 5.97 Å². The summed E-state index contributed by atoms with van der Waals surface area (Å²) in [5.41, 5.74) is 0. The van der Waals surface area contributed by atoms with Crippen molar-refractivity contribution in [1.82, 2.24) is 0 Å². The molecule has 1 N–H and O–H groups in total. The van der Waals surface area contributed by atoms with Gasteiger partial charge in [-0.2, -0.15) is 0 Å². The topological polar surface area (TPSA) is 46.5 Å². The van der Waals surface area contributed by atoms with Crippen LogP contribution in [0.1, 0.15) is 33.6 Å². The molecule has 0 aromatic heterocycles. The molecule has 0 aliphatic rings. The van der Waals surface area contributed by atoms with E-state index in [0.29, 0.717) is 12.3 Å². The molecule has 0 spiro atoms. The van der Waals surface area contributed by atoms with Crippen molar-refractivity contribution in [3.05, 3.63) is 0 Å². The van der Waals surface area contributed by atoms with E-state index in [4.69, 9.17) is 0 Å². The van der Waals surface area contributed by atoms with Gasteiger partial charge in [-0.15, -0.1) is 0 Å². The molecule has 0 saturated heterocycles. The molecular weight excluding hydrogens is 168 g/mol. The number of rotatable bonds is 5. The van der Waals surface area contributed by atoms with Crippen molar-refractivity contribution in [2.45, 2.75) is 39.7 Å². The summed E-state index contributed by atoms with van der Waals surface area (Å²) in [6, 6.07) is 0. The van der Waals surface area contributed by atoms with Crippen LogP contribution in [0, 0.1) is 11.8 Å². The van der Waals surface area contributed by atoms with E-state index in [0.717, 1.165) is 6.42 Å². The molecule has 13 heavy (non-hydrogen) atoms. The average Bonchev–Trinajstić information content (AvgIpc) is 2.01. The monoisotopic (exact) mass is 188 g/mol. The van der Waals surface area contributed by atoms with Crippen molar-refractivity contribution in [3.63, 3.8) is 0 Å². The first kappa shape index (κ1) is 12.4. The number of aliphatic hydroxyl groups excluding tert-OH is 1. The van der Waals surface area contributed by atoms with Crippen molar-refractivity contribution in [2.75, 3.05) is 7.11 Å². The van der Waals surface area contributed by atoms with Crippen LogP contribution < -0.4 is 0 Å². The maximum Gasteiger partial charge on any atom is 0.308 e. The Kier molecular flexibility index (Phi) is 5.71. The number of hydrogen-bond donors (Lipinski definition) is 1. The minimum Gasteiger partial charge on any atom is -0.469 e. The van der Waals surface area contributed by atoms with Crippen LogP contribution in [0.5, 0.6) is 0 Å². The highest BCUT2D eigenvalue weighted by Gasteiger charge is 2.18. The lowest BCUT2D eigenvalue weighted by molar-refractivity contribution is -0.145. The highest BCUT2D eigenvalue weighted by molar-refractivity contribution is 5.71. The highest BCUT2D eigenvalue weighted by atomic mass is 16.5. The smallest absolute Gasteiger partial charge is 0.308 e. The van der Waals surface area contributed by atoms with Crippen LogP contribution in [0.25, 0.3) is 0 Å². The van der Waals surface area contributed by atoms with E-state index in [1.165, 1.54) is 7.11 Å². The van der Waals surface area contributed by atoms with Crippen LogP contribution in [0.4, 0.5) is 0 Å². The minimum atomic E-state index is -0.394. The molecule has 0 aliphatic heterocycles. The molecule has 0 amide bonds. The van der Waals surface area contributed by atoms with Crippen LogP contribution in [-0.2, 0) is 9.53 Å². The second kappa shape index (κ2) is 5.97. The van der Waals surface area contributed by atoms with Gasteiger partial charge in [0.25, 0.3) is 0 Å². The van der Waals surface area contributed by atoms with Gasteiger partial charge in [-0.25, -0.2) is 0 Å². The number of methoxy groups -OCH3 is 1. The Hall–Kier alpha value is -0.570. The first-order valence-electron chi connectivity index (χ1n) is 4.73. The number of carbonyl (C=O) groups excluding carboxylic acids is 1. The fourth-order valence-electron chi connectivity index (χ4n) is 1.35. The lowest BCUT2D eigenvalue weighted by Crippen LogP contribution is -2.20. The summed E-state index contributed by atoms with van der Waals surface area (Å²) < 4.78 is 4.57. The molecule has 78 valence electrons. The molecule has 0 bridgehead atoms. The van der Waals surface area contributed by atoms with Crippen LogP contribution in [0.2, 0.25) is 0 Å². The summed E-state index contributed by atoms with van der Waals surface area (Å²) in [5, 5.41) is 9.53. The van der Waals surface area contributed by atoms with E-state index >= 15 is 0 Å². The summed E-state index contributed by atoms with van der Waals surface area (Å²) in [6.07, 6.45) is 0.834. The molecule has 2 unspecified atom stereocenters. The molecule has 0 aromatic carbocycles. The summed E-state index contributed by atoms with van der Waals surface area (Å²) in [4.78, 5) is 11.0. The second-order valence-electron chi connectivity index (χ2n) is 3.94. The molecule has 0 saturated carbocycles. The lowest BCUT2D eigenvalue weighted by atomic mass is 9.97. The minimum absolute atomic E-state index is 0.209. The Morgan fingerprint density at radius 3 is 2.23 bits per heavy atom. The number of esters is 1. The van der Waals surface area contributed by atoms with E-state index in [1.807, 2.05) is 13.8 Å². The van der Waals surface area contributed by atoms with Crippen molar-refractivity contribution >= 4 is 5.97 Å². The quantitative estimate of drug-likeness (QED) is 0.666. The zero-order valence-corrected chi connectivity index (χ0v) is 8.91. The lowest BCUT2D eigenvalue weighted by Gasteiger charge is -2.16. The van der Waals surface area contributed by atoms with E-state index in [9.17, 15) is 9.90 Å². The van der Waals surface area contributed by atoms with Gasteiger partial charge in [0.2, 0.25) is 0 Å². The Morgan fingerprint density at radius 1 is 1.31 bits per heavy atom. The number of aliphatic hydroxyl groups is 1. The van der Waals surface area contributed by atoms with Gasteiger partial charge in [-0.3, -0.25) is 4.79 Å². The fourth-order valence-corrected chi connectivity index (χ4v) is 1.35. The predicted molar refractivity (Wildman–Crippen MR) is 51.3 cm³/mol. The van der Waals surface area contributed by atoms with Gasteiger partial charge in [-0.1, -0.05) is 20.8 Å². The van der Waals surface area contributed by atoms with Crippen LogP contribution in [-0.4, -0.2) is 24.3 Å². The highest BCUT2D eigenvalue weighted by Crippen LogP contribution is 2.14. The van der Waals surface area contributed by atoms with Gasteiger partial charge in [0, 0.05) is 0 Å². The largest absolute Gasteiger partial charge is 0.469 e. The van der Waals surface area contributed by atoms with E-state index in [-0.39, 0.29) is 11.9 Å². The standard InChI is InChI=1S/C10H20O3/c1-7(2)5-9(11)6-8(3)10(12)13-4/h7-9,11H,5-6H2,1-4H3. The van der Waals surface area contributed by atoms with Crippen LogP contribution in [0.15, 0.2) is 0 Å². The molecule has 0 heterocycles. The van der Waals surface area contributed by atoms with Crippen molar-refractivity contribution in [1.29, 1.82) is 0 Å². The SMILES string of the molecule is COC(=O)C(C)CC(O)CC(C)C. The number of ether oxygens (including phenoxy) is 1. The summed E-state index contributed by atoms with van der Waals surface area (Å²) in [5.74, 6) is 0.00130. The van der Waals surface area contributed by atoms with E-state index in [2.05, 4.69) is 4.74 Å². The third-order valence-corrected chi connectivity index (χ3v) is 1.97. The second-order valence-corrected chi connectivity index (χ2v) is 3.94. The molecule has 2 atom stereocenters. The van der Waals surface area contributed by atoms with E-state index in [1.54, 1.807) is 6.92 Å². The van der Waals surface area contributed by atoms with Crippen LogP contribution in [0.3, 0.4) is 0 Å². The van der Waals surface area contributed by atoms with Crippen LogP contribution >= 0.6 is 0 Å². The van der Waals surface area contributed by atoms with E-state index < -0.39 is 6.10 Å². The third kappa shape index (κ3) is 5.64. The molecule has 0 aromatic rings. The molecule has 3 nitrogen and oxygen atoms in total. The van der Waals surface area contributed by atoms with Gasteiger partial charge < -0.3 is 9.84 Å². The summed E-state index contributed by atoms with van der Waals surface area (Å²) in [7, 11) is 1.37. The Labute approximate surface area is 80.1 Å². The van der Waals surface area contributed by atoms with Crippen molar-refractivity contribution < 1.29 is 14.6 Å². The molecular formula is C10H20O3.